The summed E-state index contributed by atoms with van der Waals surface area (Å²) in [5, 5.41) is 10.3. The van der Waals surface area contributed by atoms with Crippen molar-refractivity contribution in [2.45, 2.75) is 12.8 Å². The van der Waals surface area contributed by atoms with Gasteiger partial charge in [0.25, 0.3) is 0 Å². The molecule has 6 heteroatoms. The molecule has 1 aliphatic heterocycles. The molecule has 2 heterocycles. The van der Waals surface area contributed by atoms with Crippen molar-refractivity contribution in [2.75, 3.05) is 18.0 Å². The van der Waals surface area contributed by atoms with Gasteiger partial charge < -0.3 is 10.0 Å². The van der Waals surface area contributed by atoms with Gasteiger partial charge in [-0.2, -0.15) is 0 Å². The number of aromatic hydroxyl groups is 1. The molecule has 0 bridgehead atoms. The van der Waals surface area contributed by atoms with Crippen LogP contribution in [0.4, 0.5) is 14.6 Å². The molecule has 0 unspecified atom stereocenters. The van der Waals surface area contributed by atoms with Crippen LogP contribution in [0.25, 0.3) is 22.4 Å². The largest absolute Gasteiger partial charge is 0.507 e. The molecule has 3 aromatic rings. The van der Waals surface area contributed by atoms with Crippen molar-refractivity contribution >= 4 is 21.7 Å². The molecule has 1 aliphatic rings. The summed E-state index contributed by atoms with van der Waals surface area (Å²) in [6.45, 7) is 1.69. The fraction of sp³-hybridized carbons (Fsp3) is 0.190. The number of rotatable bonds is 3. The Morgan fingerprint density at radius 2 is 1.67 bits per heavy atom. The van der Waals surface area contributed by atoms with Crippen LogP contribution in [0, 0.1) is 11.6 Å². The first-order valence-corrected chi connectivity index (χ1v) is 9.52. The van der Waals surface area contributed by atoms with Crippen molar-refractivity contribution < 1.29 is 13.9 Å². The molecule has 1 fully saturated rings. The second-order valence-electron chi connectivity index (χ2n) is 6.55. The molecule has 0 atom stereocenters. The highest BCUT2D eigenvalue weighted by Gasteiger charge is 2.20. The van der Waals surface area contributed by atoms with Gasteiger partial charge in [-0.05, 0) is 60.9 Å². The summed E-state index contributed by atoms with van der Waals surface area (Å²) in [6, 6.07) is 12.2. The number of pyridine rings is 1. The van der Waals surface area contributed by atoms with Crippen LogP contribution < -0.4 is 4.90 Å². The van der Waals surface area contributed by atoms with Crippen LogP contribution in [0.2, 0.25) is 0 Å². The second kappa shape index (κ2) is 7.27. The Balaban J connectivity index is 1.94. The third-order valence-electron chi connectivity index (χ3n) is 4.73. The molecule has 0 radical (unpaired) electrons. The number of phenolic OH excluding ortho intramolecular Hbond substituents is 1. The smallest absolute Gasteiger partial charge is 0.133 e. The zero-order valence-corrected chi connectivity index (χ0v) is 16.0. The zero-order valence-electron chi connectivity index (χ0n) is 14.4. The molecule has 1 aromatic heterocycles. The molecular weight excluding hydrogens is 414 g/mol. The second-order valence-corrected chi connectivity index (χ2v) is 7.47. The van der Waals surface area contributed by atoms with Gasteiger partial charge in [0.1, 0.15) is 23.2 Å². The van der Waals surface area contributed by atoms with Crippen molar-refractivity contribution in [1.82, 2.24) is 4.98 Å². The Morgan fingerprint density at radius 1 is 0.963 bits per heavy atom. The monoisotopic (exact) mass is 430 g/mol. The number of benzene rings is 2. The van der Waals surface area contributed by atoms with Crippen LogP contribution in [-0.2, 0) is 0 Å². The van der Waals surface area contributed by atoms with E-state index in [1.54, 1.807) is 30.3 Å². The van der Waals surface area contributed by atoms with Crippen molar-refractivity contribution in [3.63, 3.8) is 0 Å². The first-order valence-electron chi connectivity index (χ1n) is 8.73. The fourth-order valence-corrected chi connectivity index (χ4v) is 3.75. The Bertz CT molecular complexity index is 983. The molecule has 0 spiro atoms. The van der Waals surface area contributed by atoms with Gasteiger partial charge in [-0.25, -0.2) is 13.8 Å². The lowest BCUT2D eigenvalue weighted by molar-refractivity contribution is 0.477. The van der Waals surface area contributed by atoms with Crippen LogP contribution >= 0.6 is 15.9 Å². The van der Waals surface area contributed by atoms with E-state index in [0.717, 1.165) is 30.4 Å². The third-order valence-corrected chi connectivity index (χ3v) is 5.22. The van der Waals surface area contributed by atoms with Gasteiger partial charge >= 0.3 is 0 Å². The lowest BCUT2D eigenvalue weighted by Crippen LogP contribution is -2.19. The Labute approximate surface area is 164 Å². The molecule has 1 saturated heterocycles. The zero-order chi connectivity index (χ0) is 19.0. The average molecular weight is 431 g/mol. The van der Waals surface area contributed by atoms with Gasteiger partial charge in [-0.15, -0.1) is 0 Å². The molecule has 3 nitrogen and oxygen atoms in total. The van der Waals surface area contributed by atoms with Crippen LogP contribution in [0.5, 0.6) is 5.75 Å². The maximum absolute atomic E-state index is 14.4. The number of halogens is 3. The maximum Gasteiger partial charge on any atom is 0.133 e. The lowest BCUT2D eigenvalue weighted by Gasteiger charge is -2.19. The van der Waals surface area contributed by atoms with Crippen LogP contribution in [0.15, 0.2) is 53.0 Å². The summed E-state index contributed by atoms with van der Waals surface area (Å²) in [5.74, 6) is -0.540. The summed E-state index contributed by atoms with van der Waals surface area (Å²) in [7, 11) is 0. The number of hydrogen-bond donors (Lipinski definition) is 1. The van der Waals surface area contributed by atoms with Crippen molar-refractivity contribution in [3.8, 4) is 28.1 Å². The van der Waals surface area contributed by atoms with Gasteiger partial charge in [0, 0.05) is 23.1 Å². The Kier molecular flexibility index (Phi) is 4.83. The Morgan fingerprint density at radius 3 is 2.37 bits per heavy atom. The minimum atomic E-state index is -0.627. The predicted octanol–water partition coefficient (Wildman–Crippen LogP) is 5.76. The molecular formula is C21H17BrF2N2O. The molecule has 1 N–H and O–H groups in total. The molecule has 4 rings (SSSR count). The normalized spacial score (nSPS) is 14.0. The van der Waals surface area contributed by atoms with E-state index in [0.29, 0.717) is 22.6 Å². The summed E-state index contributed by atoms with van der Waals surface area (Å²) in [5.41, 5.74) is 1.28. The Hall–Kier alpha value is -2.47. The first kappa shape index (κ1) is 17.9. The molecule has 0 saturated carbocycles. The predicted molar refractivity (Wildman–Crippen MR) is 106 cm³/mol. The van der Waals surface area contributed by atoms with E-state index < -0.39 is 11.6 Å². The van der Waals surface area contributed by atoms with Crippen molar-refractivity contribution in [1.29, 1.82) is 0 Å². The number of phenols is 1. The van der Waals surface area contributed by atoms with Gasteiger partial charge in [0.2, 0.25) is 0 Å². The number of nitrogens with zero attached hydrogens (tertiary/aromatic N) is 2. The summed E-state index contributed by atoms with van der Waals surface area (Å²) in [6.07, 6.45) is 2.11. The molecule has 138 valence electrons. The number of anilines is 1. The van der Waals surface area contributed by atoms with E-state index >= 15 is 0 Å². The van der Waals surface area contributed by atoms with Gasteiger partial charge in [0.15, 0.2) is 0 Å². The summed E-state index contributed by atoms with van der Waals surface area (Å²) in [4.78, 5) is 6.77. The summed E-state index contributed by atoms with van der Waals surface area (Å²) < 4.78 is 29.6. The first-order chi connectivity index (χ1) is 13.0. The standard InChI is InChI=1S/C21H17BrF2N2O/c22-14-6-7-19(27)15(12-14)18-10-13(21-16(23)4-3-5-17(21)24)11-20(25-18)26-8-1-2-9-26/h3-7,10-12,27H,1-2,8-9H2. The average Bonchev–Trinajstić information content (AvgIpc) is 3.18. The number of aromatic nitrogens is 1. The van der Waals surface area contributed by atoms with Crippen LogP contribution in [0.1, 0.15) is 12.8 Å². The highest BCUT2D eigenvalue weighted by molar-refractivity contribution is 9.10. The molecule has 27 heavy (non-hydrogen) atoms. The third kappa shape index (κ3) is 3.54. The minimum Gasteiger partial charge on any atom is -0.507 e. The highest BCUT2D eigenvalue weighted by Crippen LogP contribution is 2.36. The molecule has 0 aliphatic carbocycles. The summed E-state index contributed by atoms with van der Waals surface area (Å²) >= 11 is 3.40. The highest BCUT2D eigenvalue weighted by atomic mass is 79.9. The van der Waals surface area contributed by atoms with Gasteiger partial charge in [0.05, 0.1) is 11.3 Å². The fourth-order valence-electron chi connectivity index (χ4n) is 3.39. The lowest BCUT2D eigenvalue weighted by atomic mass is 10.0. The van der Waals surface area contributed by atoms with E-state index in [1.165, 1.54) is 18.2 Å². The molecule has 0 amide bonds. The SMILES string of the molecule is Oc1ccc(Br)cc1-c1cc(-c2c(F)cccc2F)cc(N2CCCC2)n1. The van der Waals surface area contributed by atoms with Crippen molar-refractivity contribution in [3.05, 3.63) is 64.6 Å². The van der Waals surface area contributed by atoms with E-state index in [1.807, 2.05) is 0 Å². The van der Waals surface area contributed by atoms with Crippen LogP contribution in [-0.4, -0.2) is 23.2 Å². The van der Waals surface area contributed by atoms with E-state index in [4.69, 9.17) is 0 Å². The minimum absolute atomic E-state index is 0.0595. The van der Waals surface area contributed by atoms with Crippen molar-refractivity contribution in [2.24, 2.45) is 0 Å². The van der Waals surface area contributed by atoms with E-state index in [-0.39, 0.29) is 11.3 Å². The van der Waals surface area contributed by atoms with Crippen LogP contribution in [0.3, 0.4) is 0 Å². The topological polar surface area (TPSA) is 36.4 Å². The quantitative estimate of drug-likeness (QED) is 0.573. The van der Waals surface area contributed by atoms with E-state index in [9.17, 15) is 13.9 Å². The van der Waals surface area contributed by atoms with E-state index in [2.05, 4.69) is 25.8 Å². The van der Waals surface area contributed by atoms with Gasteiger partial charge in [-0.1, -0.05) is 22.0 Å². The molecule has 2 aromatic carbocycles. The maximum atomic E-state index is 14.4. The van der Waals surface area contributed by atoms with Gasteiger partial charge in [-0.3, -0.25) is 0 Å². The number of hydrogen-bond acceptors (Lipinski definition) is 3.